The Hall–Kier alpha value is -1.10. The minimum absolute atomic E-state index is 0.194. The third-order valence-corrected chi connectivity index (χ3v) is 2.38. The van der Waals surface area contributed by atoms with Gasteiger partial charge in [-0.3, -0.25) is 4.52 Å². The van der Waals surface area contributed by atoms with Crippen LogP contribution >= 0.6 is 0 Å². The van der Waals surface area contributed by atoms with E-state index in [1.165, 1.54) is 0 Å². The normalized spacial score (nSPS) is 11.7. The van der Waals surface area contributed by atoms with E-state index < -0.39 is 5.54 Å². The number of nitrogens with zero attached hydrogens (tertiary/aromatic N) is 2. The van der Waals surface area contributed by atoms with Gasteiger partial charge in [0.2, 0.25) is 0 Å². The summed E-state index contributed by atoms with van der Waals surface area (Å²) < 4.78 is 9.97. The van der Waals surface area contributed by atoms with Gasteiger partial charge in [0, 0.05) is 0 Å². The fourth-order valence-corrected chi connectivity index (χ4v) is 1.16. The van der Waals surface area contributed by atoms with Gasteiger partial charge >= 0.3 is 6.08 Å². The Morgan fingerprint density at radius 3 is 2.50 bits per heavy atom. The Balaban J connectivity index is 2.84. The first-order valence-corrected chi connectivity index (χ1v) is 4.92. The van der Waals surface area contributed by atoms with Gasteiger partial charge in [-0.05, 0) is 19.8 Å². The summed E-state index contributed by atoms with van der Waals surface area (Å²) in [6.45, 7) is 6.37. The Kier molecular flexibility index (Phi) is 3.46. The van der Waals surface area contributed by atoms with Crippen LogP contribution in [0.15, 0.2) is 4.52 Å². The maximum absolute atomic E-state index is 6.09. The molecule has 80 valence electrons. The van der Waals surface area contributed by atoms with Crippen molar-refractivity contribution in [3.05, 3.63) is 5.82 Å². The van der Waals surface area contributed by atoms with Gasteiger partial charge in [0.1, 0.15) is 0 Å². The molecule has 0 bridgehead atoms. The average Bonchev–Trinajstić information content (AvgIpc) is 2.66. The second-order valence-electron chi connectivity index (χ2n) is 3.18. The van der Waals surface area contributed by atoms with Crippen LogP contribution < -0.4 is 10.5 Å². The predicted molar refractivity (Wildman–Crippen MR) is 51.9 cm³/mol. The van der Waals surface area contributed by atoms with Crippen LogP contribution in [0, 0.1) is 0 Å². The van der Waals surface area contributed by atoms with Crippen LogP contribution in [-0.4, -0.2) is 16.7 Å². The molecule has 0 aliphatic rings. The average molecular weight is 199 g/mol. The van der Waals surface area contributed by atoms with Gasteiger partial charge in [0.05, 0.1) is 12.1 Å². The summed E-state index contributed by atoms with van der Waals surface area (Å²) in [4.78, 5) is 4.09. The van der Waals surface area contributed by atoms with Crippen LogP contribution in [0.4, 0.5) is 0 Å². The zero-order valence-corrected chi connectivity index (χ0v) is 8.91. The number of rotatable bonds is 5. The van der Waals surface area contributed by atoms with Crippen LogP contribution in [0.2, 0.25) is 0 Å². The van der Waals surface area contributed by atoms with Crippen molar-refractivity contribution in [3.8, 4) is 6.08 Å². The van der Waals surface area contributed by atoms with Crippen molar-refractivity contribution in [3.63, 3.8) is 0 Å². The Bertz CT molecular complexity index is 281. The fraction of sp³-hybridized carbons (Fsp3) is 0.778. The number of aromatic nitrogens is 2. The Morgan fingerprint density at radius 2 is 2.00 bits per heavy atom. The Labute approximate surface area is 83.6 Å². The van der Waals surface area contributed by atoms with Crippen molar-refractivity contribution in [1.82, 2.24) is 10.1 Å². The van der Waals surface area contributed by atoms with Gasteiger partial charge < -0.3 is 10.5 Å². The lowest BCUT2D eigenvalue weighted by Crippen LogP contribution is -2.36. The summed E-state index contributed by atoms with van der Waals surface area (Å²) in [6.07, 6.45) is 1.74. The third-order valence-electron chi connectivity index (χ3n) is 2.38. The molecule has 0 aromatic carbocycles. The Morgan fingerprint density at radius 1 is 1.36 bits per heavy atom. The maximum Gasteiger partial charge on any atom is 0.417 e. The molecule has 5 nitrogen and oxygen atoms in total. The summed E-state index contributed by atoms with van der Waals surface area (Å²) in [7, 11) is 0. The first kappa shape index (κ1) is 11.0. The molecule has 14 heavy (non-hydrogen) atoms. The predicted octanol–water partition coefficient (Wildman–Crippen LogP) is 1.44. The van der Waals surface area contributed by atoms with Crippen molar-refractivity contribution < 1.29 is 9.26 Å². The van der Waals surface area contributed by atoms with Crippen molar-refractivity contribution in [2.24, 2.45) is 5.73 Å². The SMILES string of the molecule is CCOc1nc(C(N)(CC)CC)no1. The first-order chi connectivity index (χ1) is 6.66. The van der Waals surface area contributed by atoms with Crippen molar-refractivity contribution in [2.75, 3.05) is 6.61 Å². The van der Waals surface area contributed by atoms with E-state index in [0.29, 0.717) is 12.4 Å². The molecule has 0 aliphatic carbocycles. The molecule has 1 rings (SSSR count). The van der Waals surface area contributed by atoms with E-state index >= 15 is 0 Å². The molecule has 1 heterocycles. The molecule has 0 aliphatic heterocycles. The highest BCUT2D eigenvalue weighted by atomic mass is 16.6. The summed E-state index contributed by atoms with van der Waals surface area (Å²) >= 11 is 0. The highest BCUT2D eigenvalue weighted by Gasteiger charge is 2.29. The molecule has 1 aromatic rings. The van der Waals surface area contributed by atoms with E-state index in [-0.39, 0.29) is 6.08 Å². The van der Waals surface area contributed by atoms with E-state index in [0.717, 1.165) is 12.8 Å². The number of hydrogen-bond acceptors (Lipinski definition) is 5. The molecular formula is C9H17N3O2. The smallest absolute Gasteiger partial charge is 0.417 e. The molecule has 2 N–H and O–H groups in total. The summed E-state index contributed by atoms with van der Waals surface area (Å²) in [5.74, 6) is 0.519. The molecule has 0 saturated carbocycles. The zero-order valence-electron chi connectivity index (χ0n) is 8.91. The lowest BCUT2D eigenvalue weighted by Gasteiger charge is -2.21. The van der Waals surface area contributed by atoms with E-state index in [1.54, 1.807) is 0 Å². The highest BCUT2D eigenvalue weighted by Crippen LogP contribution is 2.24. The third kappa shape index (κ3) is 2.04. The van der Waals surface area contributed by atoms with Crippen molar-refractivity contribution in [2.45, 2.75) is 39.2 Å². The quantitative estimate of drug-likeness (QED) is 0.776. The molecule has 0 amide bonds. The second-order valence-corrected chi connectivity index (χ2v) is 3.18. The van der Waals surface area contributed by atoms with Gasteiger partial charge in [-0.2, -0.15) is 4.98 Å². The van der Waals surface area contributed by atoms with Gasteiger partial charge in [-0.15, -0.1) is 0 Å². The molecule has 0 saturated heterocycles. The highest BCUT2D eigenvalue weighted by molar-refractivity contribution is 5.04. The first-order valence-electron chi connectivity index (χ1n) is 4.92. The van der Waals surface area contributed by atoms with Gasteiger partial charge in [-0.25, -0.2) is 0 Å². The monoisotopic (exact) mass is 199 g/mol. The van der Waals surface area contributed by atoms with Crippen molar-refractivity contribution in [1.29, 1.82) is 0 Å². The zero-order chi connectivity index (χ0) is 10.6. The molecular weight excluding hydrogens is 182 g/mol. The largest absolute Gasteiger partial charge is 0.449 e. The standard InChI is InChI=1S/C9H17N3O2/c1-4-9(10,5-2)7-11-8(13-6-3)14-12-7/h4-6,10H2,1-3H3. The number of nitrogens with two attached hydrogens (primary N) is 1. The van der Waals surface area contributed by atoms with E-state index in [2.05, 4.69) is 10.1 Å². The van der Waals surface area contributed by atoms with Crippen LogP contribution in [0.3, 0.4) is 0 Å². The molecule has 0 radical (unpaired) electrons. The van der Waals surface area contributed by atoms with Gasteiger partial charge in [0.15, 0.2) is 5.82 Å². The lowest BCUT2D eigenvalue weighted by atomic mass is 9.94. The second kappa shape index (κ2) is 4.41. The van der Waals surface area contributed by atoms with Crippen molar-refractivity contribution >= 4 is 0 Å². The minimum Gasteiger partial charge on any atom is -0.449 e. The van der Waals surface area contributed by atoms with E-state index in [4.69, 9.17) is 15.0 Å². The molecule has 0 atom stereocenters. The summed E-state index contributed by atoms with van der Waals surface area (Å²) in [5, 5.41) is 3.81. The lowest BCUT2D eigenvalue weighted by molar-refractivity contribution is 0.214. The van der Waals surface area contributed by atoms with E-state index in [1.807, 2.05) is 20.8 Å². The topological polar surface area (TPSA) is 74.2 Å². The minimum atomic E-state index is -0.501. The van der Waals surface area contributed by atoms with Crippen LogP contribution in [-0.2, 0) is 5.54 Å². The number of ether oxygens (including phenoxy) is 1. The fourth-order valence-electron chi connectivity index (χ4n) is 1.16. The van der Waals surface area contributed by atoms with Gasteiger partial charge in [-0.1, -0.05) is 19.0 Å². The summed E-state index contributed by atoms with van der Waals surface area (Å²) in [5.41, 5.74) is 5.59. The molecule has 0 unspecified atom stereocenters. The molecule has 0 fully saturated rings. The van der Waals surface area contributed by atoms with Crippen LogP contribution in [0.25, 0.3) is 0 Å². The number of hydrogen-bond donors (Lipinski definition) is 1. The molecule has 0 spiro atoms. The maximum atomic E-state index is 6.09. The molecule has 1 aromatic heterocycles. The molecule has 5 heteroatoms. The van der Waals surface area contributed by atoms with Crippen LogP contribution in [0.5, 0.6) is 6.08 Å². The van der Waals surface area contributed by atoms with E-state index in [9.17, 15) is 0 Å². The van der Waals surface area contributed by atoms with Gasteiger partial charge in [0.25, 0.3) is 0 Å². The summed E-state index contributed by atoms with van der Waals surface area (Å²) in [6, 6.07) is 0. The van der Waals surface area contributed by atoms with Crippen LogP contribution in [0.1, 0.15) is 39.4 Å².